The molecular formula is C31H62O4. The molecule has 2 atom stereocenters. The summed E-state index contributed by atoms with van der Waals surface area (Å²) in [4.78, 5) is 0. The number of rotatable bonds is 27. The van der Waals surface area contributed by atoms with Crippen molar-refractivity contribution in [3.8, 4) is 0 Å². The Kier molecular flexibility index (Phi) is 24.7. The smallest absolute Gasteiger partial charge is 0.285 e. The molecule has 0 aliphatic rings. The first-order chi connectivity index (χ1) is 17.1. The fraction of sp³-hybridized carbons (Fsp3) is 0.935. The van der Waals surface area contributed by atoms with Crippen LogP contribution in [0.25, 0.3) is 0 Å². The molecule has 0 spiro atoms. The largest absolute Gasteiger partial charge is 0.502 e. The Morgan fingerprint density at radius 2 is 1.11 bits per heavy atom. The van der Waals surface area contributed by atoms with Crippen molar-refractivity contribution in [2.75, 3.05) is 26.4 Å². The Morgan fingerprint density at radius 1 is 0.571 bits per heavy atom. The van der Waals surface area contributed by atoms with Crippen LogP contribution in [0.1, 0.15) is 144 Å². The van der Waals surface area contributed by atoms with E-state index in [1.54, 1.807) is 6.26 Å². The highest BCUT2D eigenvalue weighted by atomic mass is 16.9. The molecule has 0 heterocycles. The van der Waals surface area contributed by atoms with Crippen molar-refractivity contribution in [1.29, 1.82) is 0 Å². The standard InChI is InChI=1S/C31H62O4/c1-7-12-17-20-29(6)22-23-30(21-18-16-19-25-32-24-11-5)31(33-26-13-8-2,34-27-14-9-3)35-28-15-10-4/h11,24,29-30H,7-10,12-23,25-28H2,1-6H3. The zero-order chi connectivity index (χ0) is 26.0. The van der Waals surface area contributed by atoms with E-state index in [1.807, 2.05) is 13.0 Å². The van der Waals surface area contributed by atoms with E-state index in [0.717, 1.165) is 83.2 Å². The summed E-state index contributed by atoms with van der Waals surface area (Å²) in [6.45, 7) is 16.2. The van der Waals surface area contributed by atoms with Gasteiger partial charge in [0.1, 0.15) is 0 Å². The van der Waals surface area contributed by atoms with Gasteiger partial charge in [0.25, 0.3) is 5.97 Å². The molecule has 0 saturated heterocycles. The average molecular weight is 499 g/mol. The summed E-state index contributed by atoms with van der Waals surface area (Å²) in [6, 6.07) is 0. The molecule has 0 fully saturated rings. The van der Waals surface area contributed by atoms with Gasteiger partial charge < -0.3 is 18.9 Å². The molecule has 0 aromatic heterocycles. The topological polar surface area (TPSA) is 36.9 Å². The van der Waals surface area contributed by atoms with Gasteiger partial charge in [-0.05, 0) is 51.4 Å². The Balaban J connectivity index is 5.44. The third-order valence-electron chi connectivity index (χ3n) is 6.76. The van der Waals surface area contributed by atoms with Crippen molar-refractivity contribution in [2.24, 2.45) is 11.8 Å². The average Bonchev–Trinajstić information content (AvgIpc) is 2.85. The quantitative estimate of drug-likeness (QED) is 0.0641. The summed E-state index contributed by atoms with van der Waals surface area (Å²) < 4.78 is 25.3. The van der Waals surface area contributed by atoms with E-state index in [0.29, 0.717) is 19.8 Å². The molecule has 0 radical (unpaired) electrons. The molecule has 4 nitrogen and oxygen atoms in total. The predicted octanol–water partition coefficient (Wildman–Crippen LogP) is 9.81. The van der Waals surface area contributed by atoms with Gasteiger partial charge in [-0.3, -0.25) is 0 Å². The molecule has 0 rings (SSSR count). The van der Waals surface area contributed by atoms with Gasteiger partial charge in [-0.15, -0.1) is 0 Å². The Bertz CT molecular complexity index is 425. The van der Waals surface area contributed by atoms with Crippen LogP contribution in [-0.2, 0) is 18.9 Å². The number of unbranched alkanes of at least 4 members (excludes halogenated alkanes) is 7. The van der Waals surface area contributed by atoms with Gasteiger partial charge in [-0.1, -0.05) is 105 Å². The second kappa shape index (κ2) is 25.1. The van der Waals surface area contributed by atoms with E-state index in [9.17, 15) is 0 Å². The fourth-order valence-electron chi connectivity index (χ4n) is 4.34. The Labute approximate surface area is 219 Å². The first kappa shape index (κ1) is 34.4. The summed E-state index contributed by atoms with van der Waals surface area (Å²) in [7, 11) is 0. The molecule has 35 heavy (non-hydrogen) atoms. The number of allylic oxidation sites excluding steroid dienone is 1. The van der Waals surface area contributed by atoms with Crippen LogP contribution < -0.4 is 0 Å². The lowest BCUT2D eigenvalue weighted by Gasteiger charge is -2.40. The zero-order valence-corrected chi connectivity index (χ0v) is 24.6. The molecule has 0 saturated carbocycles. The van der Waals surface area contributed by atoms with Crippen molar-refractivity contribution in [2.45, 2.75) is 150 Å². The van der Waals surface area contributed by atoms with Gasteiger partial charge >= 0.3 is 0 Å². The minimum atomic E-state index is -0.899. The molecule has 0 aliphatic heterocycles. The maximum Gasteiger partial charge on any atom is 0.285 e. The third kappa shape index (κ3) is 18.3. The molecule has 0 amide bonds. The number of ether oxygens (including phenoxy) is 4. The molecule has 0 aliphatic carbocycles. The molecule has 0 N–H and O–H groups in total. The van der Waals surface area contributed by atoms with Gasteiger partial charge in [0.2, 0.25) is 0 Å². The summed E-state index contributed by atoms with van der Waals surface area (Å²) in [6.07, 6.45) is 22.3. The predicted molar refractivity (Wildman–Crippen MR) is 151 cm³/mol. The molecule has 0 bridgehead atoms. The van der Waals surface area contributed by atoms with Crippen molar-refractivity contribution < 1.29 is 18.9 Å². The van der Waals surface area contributed by atoms with Crippen LogP contribution in [0.3, 0.4) is 0 Å². The lowest BCUT2D eigenvalue weighted by molar-refractivity contribution is -0.407. The van der Waals surface area contributed by atoms with Crippen LogP contribution in [0.5, 0.6) is 0 Å². The van der Waals surface area contributed by atoms with Crippen molar-refractivity contribution in [1.82, 2.24) is 0 Å². The summed E-state index contributed by atoms with van der Waals surface area (Å²) in [5, 5.41) is 0. The van der Waals surface area contributed by atoms with Crippen LogP contribution >= 0.6 is 0 Å². The Morgan fingerprint density at radius 3 is 1.63 bits per heavy atom. The molecule has 2 unspecified atom stereocenters. The lowest BCUT2D eigenvalue weighted by Crippen LogP contribution is -2.47. The van der Waals surface area contributed by atoms with Crippen LogP contribution in [0, 0.1) is 11.8 Å². The van der Waals surface area contributed by atoms with Crippen molar-refractivity contribution in [3.05, 3.63) is 12.3 Å². The molecule has 4 heteroatoms. The van der Waals surface area contributed by atoms with Crippen LogP contribution in [0.15, 0.2) is 12.3 Å². The SMILES string of the molecule is CC=COCCCCCC(CCC(C)CCCCC)C(OCCCC)(OCCCC)OCCCC. The van der Waals surface area contributed by atoms with Gasteiger partial charge in [0, 0.05) is 5.92 Å². The van der Waals surface area contributed by atoms with Gasteiger partial charge in [0.05, 0.1) is 32.7 Å². The summed E-state index contributed by atoms with van der Waals surface area (Å²) >= 11 is 0. The summed E-state index contributed by atoms with van der Waals surface area (Å²) in [5.74, 6) is 0.0976. The molecular weight excluding hydrogens is 436 g/mol. The van der Waals surface area contributed by atoms with E-state index in [-0.39, 0.29) is 5.92 Å². The summed E-state index contributed by atoms with van der Waals surface area (Å²) in [5.41, 5.74) is 0. The van der Waals surface area contributed by atoms with Crippen LogP contribution in [0.2, 0.25) is 0 Å². The van der Waals surface area contributed by atoms with Gasteiger partial charge in [0.15, 0.2) is 0 Å². The maximum atomic E-state index is 6.59. The third-order valence-corrected chi connectivity index (χ3v) is 6.76. The zero-order valence-electron chi connectivity index (χ0n) is 24.6. The van der Waals surface area contributed by atoms with Crippen LogP contribution in [0.4, 0.5) is 0 Å². The van der Waals surface area contributed by atoms with Gasteiger partial charge in [-0.2, -0.15) is 0 Å². The van der Waals surface area contributed by atoms with E-state index >= 15 is 0 Å². The highest BCUT2D eigenvalue weighted by Crippen LogP contribution is 2.36. The second-order valence-corrected chi connectivity index (χ2v) is 10.3. The normalized spacial score (nSPS) is 14.0. The molecule has 0 aromatic carbocycles. The van der Waals surface area contributed by atoms with E-state index in [2.05, 4.69) is 34.6 Å². The number of hydrogen-bond acceptors (Lipinski definition) is 4. The monoisotopic (exact) mass is 498 g/mol. The number of hydrogen-bond donors (Lipinski definition) is 0. The van der Waals surface area contributed by atoms with Crippen LogP contribution in [-0.4, -0.2) is 32.4 Å². The first-order valence-electron chi connectivity index (χ1n) is 15.2. The first-order valence-corrected chi connectivity index (χ1v) is 15.2. The minimum Gasteiger partial charge on any atom is -0.502 e. The maximum absolute atomic E-state index is 6.59. The van der Waals surface area contributed by atoms with Crippen molar-refractivity contribution in [3.63, 3.8) is 0 Å². The van der Waals surface area contributed by atoms with Gasteiger partial charge in [-0.25, -0.2) is 0 Å². The fourth-order valence-corrected chi connectivity index (χ4v) is 4.34. The van der Waals surface area contributed by atoms with E-state index < -0.39 is 5.97 Å². The lowest BCUT2D eigenvalue weighted by atomic mass is 9.88. The second-order valence-electron chi connectivity index (χ2n) is 10.3. The van der Waals surface area contributed by atoms with Crippen molar-refractivity contribution >= 4 is 0 Å². The highest BCUT2D eigenvalue weighted by molar-refractivity contribution is 4.75. The highest BCUT2D eigenvalue weighted by Gasteiger charge is 2.42. The Hall–Kier alpha value is -0.580. The molecule has 0 aromatic rings. The molecule has 210 valence electrons. The minimum absolute atomic E-state index is 0.262. The van der Waals surface area contributed by atoms with E-state index in [1.165, 1.54) is 32.1 Å². The van der Waals surface area contributed by atoms with E-state index in [4.69, 9.17) is 18.9 Å².